The van der Waals surface area contributed by atoms with Crippen molar-refractivity contribution in [2.24, 2.45) is 4.99 Å². The Morgan fingerprint density at radius 3 is 2.48 bits per heavy atom. The standard InChI is InChI=1S/C31H31F3N6O3S/c1-19(2)25-14-4-20(3)16-26(25)40-28(41)17-44-30(40)37-29(42)36-22-8-5-21(6-9-22)7-15-27-35-18-39(38-27)23-10-12-24(13-11-23)43-31(32,33)34/h4-6,8-14,16,18-19,29,36,42H,7,15,17H2,1-3H3. The highest BCUT2D eigenvalue weighted by molar-refractivity contribution is 8.15. The summed E-state index contributed by atoms with van der Waals surface area (Å²) >= 11 is 1.29. The molecule has 4 aromatic rings. The van der Waals surface area contributed by atoms with Crippen molar-refractivity contribution >= 4 is 34.2 Å². The number of carbonyl (C=O) groups is 1. The molecule has 9 nitrogen and oxygen atoms in total. The number of alkyl halides is 3. The number of thioether (sulfide) groups is 1. The van der Waals surface area contributed by atoms with Crippen molar-refractivity contribution < 1.29 is 27.8 Å². The van der Waals surface area contributed by atoms with E-state index in [-0.39, 0.29) is 23.3 Å². The molecule has 1 aliphatic heterocycles. The van der Waals surface area contributed by atoms with Gasteiger partial charge in [0.1, 0.15) is 12.1 Å². The van der Waals surface area contributed by atoms with Crippen molar-refractivity contribution in [1.82, 2.24) is 14.8 Å². The average molecular weight is 625 g/mol. The first kappa shape index (κ1) is 31.1. The maximum atomic E-state index is 12.8. The van der Waals surface area contributed by atoms with E-state index in [0.29, 0.717) is 35.2 Å². The maximum absolute atomic E-state index is 12.8. The molecule has 230 valence electrons. The first-order chi connectivity index (χ1) is 20.9. The number of aliphatic imine (C=N–C) groups is 1. The first-order valence-corrected chi connectivity index (χ1v) is 14.9. The quantitative estimate of drug-likeness (QED) is 0.202. The number of aliphatic hydroxyl groups excluding tert-OH is 1. The number of amides is 1. The number of carbonyl (C=O) groups excluding carboxylic acids is 1. The van der Waals surface area contributed by atoms with E-state index in [1.807, 2.05) is 49.4 Å². The molecule has 1 unspecified atom stereocenters. The van der Waals surface area contributed by atoms with Gasteiger partial charge in [0.05, 0.1) is 17.1 Å². The molecule has 0 bridgehead atoms. The number of benzene rings is 3. The fraction of sp³-hybridized carbons (Fsp3) is 0.290. The number of aryl methyl sites for hydroxylation is 3. The van der Waals surface area contributed by atoms with Gasteiger partial charge in [-0.15, -0.1) is 13.2 Å². The number of anilines is 2. The van der Waals surface area contributed by atoms with Crippen molar-refractivity contribution in [3.05, 3.63) is 95.6 Å². The van der Waals surface area contributed by atoms with Gasteiger partial charge < -0.3 is 15.2 Å². The summed E-state index contributed by atoms with van der Waals surface area (Å²) in [5, 5.41) is 18.5. The number of halogens is 3. The van der Waals surface area contributed by atoms with Crippen molar-refractivity contribution in [3.8, 4) is 11.4 Å². The Kier molecular flexibility index (Phi) is 9.25. The lowest BCUT2D eigenvalue weighted by Crippen LogP contribution is -2.32. The first-order valence-electron chi connectivity index (χ1n) is 13.9. The van der Waals surface area contributed by atoms with Gasteiger partial charge in [-0.3, -0.25) is 9.69 Å². The summed E-state index contributed by atoms with van der Waals surface area (Å²) < 4.78 is 42.5. The third-order valence-electron chi connectivity index (χ3n) is 6.81. The van der Waals surface area contributed by atoms with E-state index in [1.54, 1.807) is 4.90 Å². The van der Waals surface area contributed by atoms with Gasteiger partial charge in [0.15, 0.2) is 11.0 Å². The van der Waals surface area contributed by atoms with Gasteiger partial charge in [0.2, 0.25) is 12.3 Å². The topological polar surface area (TPSA) is 105 Å². The SMILES string of the molecule is Cc1ccc(C(C)C)c(N2C(=O)CSC2=NC(O)Nc2ccc(CCc3ncn(-c4ccc(OC(F)(F)F)cc4)n3)cc2)c1. The van der Waals surface area contributed by atoms with E-state index in [2.05, 4.69) is 39.0 Å². The Morgan fingerprint density at radius 1 is 1.07 bits per heavy atom. The number of hydrogen-bond donors (Lipinski definition) is 2. The van der Waals surface area contributed by atoms with Crippen LogP contribution in [0.25, 0.3) is 5.69 Å². The van der Waals surface area contributed by atoms with Gasteiger partial charge in [-0.2, -0.15) is 5.10 Å². The highest BCUT2D eigenvalue weighted by Gasteiger charge is 2.32. The molecular weight excluding hydrogens is 593 g/mol. The van der Waals surface area contributed by atoms with Crippen LogP contribution >= 0.6 is 11.8 Å². The smallest absolute Gasteiger partial charge is 0.406 e. The monoisotopic (exact) mass is 624 g/mol. The second kappa shape index (κ2) is 13.1. The predicted molar refractivity (Wildman–Crippen MR) is 164 cm³/mol. The zero-order valence-electron chi connectivity index (χ0n) is 24.2. The van der Waals surface area contributed by atoms with Gasteiger partial charge in [-0.05, 0) is 78.4 Å². The van der Waals surface area contributed by atoms with Crippen LogP contribution in [0.1, 0.15) is 42.3 Å². The molecule has 13 heteroatoms. The molecule has 0 saturated carbocycles. The van der Waals surface area contributed by atoms with E-state index in [0.717, 1.165) is 22.4 Å². The molecule has 1 aromatic heterocycles. The molecule has 44 heavy (non-hydrogen) atoms. The summed E-state index contributed by atoms with van der Waals surface area (Å²) in [4.78, 5) is 23.1. The largest absolute Gasteiger partial charge is 0.573 e. The van der Waals surface area contributed by atoms with Crippen molar-refractivity contribution in [2.75, 3.05) is 16.0 Å². The van der Waals surface area contributed by atoms with Gasteiger partial charge in [-0.25, -0.2) is 14.7 Å². The zero-order chi connectivity index (χ0) is 31.4. The van der Waals surface area contributed by atoms with Gasteiger partial charge >= 0.3 is 6.36 Å². The Morgan fingerprint density at radius 2 is 1.80 bits per heavy atom. The molecule has 2 N–H and O–H groups in total. The summed E-state index contributed by atoms with van der Waals surface area (Å²) in [7, 11) is 0. The van der Waals surface area contributed by atoms with E-state index >= 15 is 0 Å². The molecular formula is C31H31F3N6O3S. The van der Waals surface area contributed by atoms with Crippen LogP contribution in [0.3, 0.4) is 0 Å². The van der Waals surface area contributed by atoms with Crippen molar-refractivity contribution in [2.45, 2.75) is 52.2 Å². The molecule has 0 aliphatic carbocycles. The van der Waals surface area contributed by atoms with Crippen LogP contribution in [-0.4, -0.2) is 49.4 Å². The number of ether oxygens (including phenoxy) is 1. The number of nitrogens with zero attached hydrogens (tertiary/aromatic N) is 5. The molecule has 1 saturated heterocycles. The minimum absolute atomic E-state index is 0.0782. The molecule has 1 fully saturated rings. The Hall–Kier alpha value is -4.36. The number of amidine groups is 1. The Labute approximate surface area is 256 Å². The Balaban J connectivity index is 1.18. The maximum Gasteiger partial charge on any atom is 0.573 e. The van der Waals surface area contributed by atoms with Crippen LogP contribution in [0.5, 0.6) is 5.75 Å². The van der Waals surface area contributed by atoms with Gasteiger partial charge in [0.25, 0.3) is 0 Å². The molecule has 5 rings (SSSR count). The number of aliphatic hydroxyl groups is 1. The number of hydrogen-bond acceptors (Lipinski definition) is 8. The average Bonchev–Trinajstić information content (AvgIpc) is 3.58. The number of nitrogens with one attached hydrogen (secondary N) is 1. The normalized spacial score (nSPS) is 15.3. The van der Waals surface area contributed by atoms with Crippen LogP contribution in [0.4, 0.5) is 24.5 Å². The highest BCUT2D eigenvalue weighted by atomic mass is 32.2. The Bertz CT molecular complexity index is 1640. The van der Waals surface area contributed by atoms with Crippen LogP contribution in [0, 0.1) is 6.92 Å². The van der Waals surface area contributed by atoms with Crippen LogP contribution < -0.4 is 15.0 Å². The lowest BCUT2D eigenvalue weighted by Gasteiger charge is -2.23. The molecule has 1 atom stereocenters. The van der Waals surface area contributed by atoms with E-state index < -0.39 is 12.7 Å². The molecule has 3 aromatic carbocycles. The highest BCUT2D eigenvalue weighted by Crippen LogP contribution is 2.34. The molecule has 0 radical (unpaired) electrons. The van der Waals surface area contributed by atoms with Gasteiger partial charge in [0, 0.05) is 12.1 Å². The fourth-order valence-electron chi connectivity index (χ4n) is 4.68. The third-order valence-corrected chi connectivity index (χ3v) is 7.75. The summed E-state index contributed by atoms with van der Waals surface area (Å²) in [6.07, 6.45) is -3.31. The minimum atomic E-state index is -4.75. The summed E-state index contributed by atoms with van der Waals surface area (Å²) in [6.45, 7) is 6.12. The van der Waals surface area contributed by atoms with Crippen molar-refractivity contribution in [1.29, 1.82) is 0 Å². The molecule has 2 heterocycles. The van der Waals surface area contributed by atoms with Crippen molar-refractivity contribution in [3.63, 3.8) is 0 Å². The fourth-order valence-corrected chi connectivity index (χ4v) is 5.56. The van der Waals surface area contributed by atoms with E-state index in [9.17, 15) is 23.1 Å². The zero-order valence-corrected chi connectivity index (χ0v) is 25.1. The molecule has 0 spiro atoms. The van der Waals surface area contributed by atoms with Crippen LogP contribution in [0.2, 0.25) is 0 Å². The van der Waals surface area contributed by atoms with Gasteiger partial charge in [-0.1, -0.05) is 49.9 Å². The van der Waals surface area contributed by atoms with Crippen LogP contribution in [-0.2, 0) is 17.6 Å². The second-order valence-electron chi connectivity index (χ2n) is 10.5. The van der Waals surface area contributed by atoms with E-state index in [1.165, 1.54) is 47.0 Å². The summed E-state index contributed by atoms with van der Waals surface area (Å²) in [5.41, 5.74) is 5.09. The lowest BCUT2D eigenvalue weighted by molar-refractivity contribution is -0.274. The third kappa shape index (κ3) is 7.77. The minimum Gasteiger partial charge on any atom is -0.406 e. The number of rotatable bonds is 10. The summed E-state index contributed by atoms with van der Waals surface area (Å²) in [5.74, 6) is 0.654. The molecule has 1 amide bonds. The van der Waals surface area contributed by atoms with E-state index in [4.69, 9.17) is 0 Å². The molecule has 1 aliphatic rings. The number of aromatic nitrogens is 3. The van der Waals surface area contributed by atoms with Crippen LogP contribution in [0.15, 0.2) is 78.0 Å². The lowest BCUT2D eigenvalue weighted by atomic mass is 9.99. The predicted octanol–water partition coefficient (Wildman–Crippen LogP) is 6.21. The summed E-state index contributed by atoms with van der Waals surface area (Å²) in [6, 6.07) is 18.9. The second-order valence-corrected chi connectivity index (χ2v) is 11.5.